The van der Waals surface area contributed by atoms with E-state index >= 15 is 0 Å². The number of rotatable bonds is 2. The van der Waals surface area contributed by atoms with Crippen LogP contribution in [0.1, 0.15) is 10.4 Å². The van der Waals surface area contributed by atoms with Crippen molar-refractivity contribution in [3.05, 3.63) is 58.9 Å². The summed E-state index contributed by atoms with van der Waals surface area (Å²) < 4.78 is 13.8. The fourth-order valence-corrected chi connectivity index (χ4v) is 3.11. The lowest BCUT2D eigenvalue weighted by Crippen LogP contribution is -2.49. The molecule has 1 amide bonds. The van der Waals surface area contributed by atoms with Crippen molar-refractivity contribution in [1.29, 1.82) is 0 Å². The molecule has 4 nitrogen and oxygen atoms in total. The van der Waals surface area contributed by atoms with E-state index in [-0.39, 0.29) is 11.5 Å². The summed E-state index contributed by atoms with van der Waals surface area (Å²) in [5.74, 6) is -0.773. The largest absolute Gasteiger partial charge is 0.397 e. The number of anilines is 2. The van der Waals surface area contributed by atoms with Crippen LogP contribution in [0.4, 0.5) is 15.8 Å². The van der Waals surface area contributed by atoms with Crippen molar-refractivity contribution >= 4 is 28.9 Å². The monoisotopic (exact) mass is 333 g/mol. The third kappa shape index (κ3) is 3.10. The summed E-state index contributed by atoms with van der Waals surface area (Å²) in [6, 6.07) is 11.5. The molecular formula is C17H17ClFN3O. The van der Waals surface area contributed by atoms with Crippen molar-refractivity contribution in [2.24, 2.45) is 0 Å². The highest BCUT2D eigenvalue weighted by atomic mass is 35.5. The van der Waals surface area contributed by atoms with Crippen molar-refractivity contribution in [1.82, 2.24) is 4.90 Å². The highest BCUT2D eigenvalue weighted by Crippen LogP contribution is 2.32. The molecule has 0 radical (unpaired) electrons. The van der Waals surface area contributed by atoms with E-state index in [1.165, 1.54) is 12.1 Å². The Bertz CT molecular complexity index is 709. The average molecular weight is 334 g/mol. The minimum atomic E-state index is -0.490. The molecule has 3 rings (SSSR count). The first kappa shape index (κ1) is 15.6. The van der Waals surface area contributed by atoms with E-state index < -0.39 is 5.82 Å². The molecule has 23 heavy (non-hydrogen) atoms. The highest BCUT2D eigenvalue weighted by Gasteiger charge is 2.25. The van der Waals surface area contributed by atoms with Gasteiger partial charge in [0.05, 0.1) is 22.0 Å². The summed E-state index contributed by atoms with van der Waals surface area (Å²) >= 11 is 6.23. The van der Waals surface area contributed by atoms with Gasteiger partial charge in [0.25, 0.3) is 5.91 Å². The number of hydrogen-bond donors (Lipinski definition) is 1. The summed E-state index contributed by atoms with van der Waals surface area (Å²) in [5, 5.41) is 0.596. The Balaban J connectivity index is 1.72. The molecule has 1 heterocycles. The fraction of sp³-hybridized carbons (Fsp3) is 0.235. The normalized spacial score (nSPS) is 14.9. The van der Waals surface area contributed by atoms with Gasteiger partial charge < -0.3 is 15.5 Å². The first-order valence-electron chi connectivity index (χ1n) is 7.40. The van der Waals surface area contributed by atoms with E-state index in [1.807, 2.05) is 0 Å². The fourth-order valence-electron chi connectivity index (χ4n) is 2.80. The molecule has 0 saturated carbocycles. The van der Waals surface area contributed by atoms with Crippen LogP contribution in [0.3, 0.4) is 0 Å². The van der Waals surface area contributed by atoms with Gasteiger partial charge in [-0.1, -0.05) is 29.8 Å². The van der Waals surface area contributed by atoms with Crippen LogP contribution in [0.2, 0.25) is 5.02 Å². The minimum absolute atomic E-state index is 0.109. The smallest absolute Gasteiger partial charge is 0.256 e. The molecule has 0 aromatic heterocycles. The van der Waals surface area contributed by atoms with E-state index in [2.05, 4.69) is 4.90 Å². The molecule has 0 bridgehead atoms. The zero-order chi connectivity index (χ0) is 16.4. The molecule has 0 aliphatic carbocycles. The van der Waals surface area contributed by atoms with Crippen LogP contribution < -0.4 is 10.6 Å². The Morgan fingerprint density at radius 1 is 1.04 bits per heavy atom. The van der Waals surface area contributed by atoms with Gasteiger partial charge in [0.15, 0.2) is 0 Å². The number of nitrogens with two attached hydrogens (primary N) is 1. The van der Waals surface area contributed by atoms with Gasteiger partial charge in [0.2, 0.25) is 0 Å². The molecule has 0 spiro atoms. The topological polar surface area (TPSA) is 49.6 Å². The van der Waals surface area contributed by atoms with Crippen LogP contribution in [0, 0.1) is 5.82 Å². The number of halogens is 2. The maximum Gasteiger partial charge on any atom is 0.256 e. The third-order valence-electron chi connectivity index (χ3n) is 4.01. The lowest BCUT2D eigenvalue weighted by atomic mass is 10.1. The molecule has 120 valence electrons. The summed E-state index contributed by atoms with van der Waals surface area (Å²) in [6.07, 6.45) is 0. The minimum Gasteiger partial charge on any atom is -0.397 e. The van der Waals surface area contributed by atoms with Crippen LogP contribution in [0.15, 0.2) is 42.5 Å². The van der Waals surface area contributed by atoms with Crippen molar-refractivity contribution in [2.45, 2.75) is 0 Å². The van der Waals surface area contributed by atoms with Gasteiger partial charge in [-0.15, -0.1) is 0 Å². The van der Waals surface area contributed by atoms with E-state index in [1.54, 1.807) is 35.2 Å². The zero-order valence-corrected chi connectivity index (χ0v) is 13.3. The number of carbonyl (C=O) groups excluding carboxylic acids is 1. The van der Waals surface area contributed by atoms with Crippen molar-refractivity contribution in [2.75, 3.05) is 36.8 Å². The lowest BCUT2D eigenvalue weighted by Gasteiger charge is -2.37. The quantitative estimate of drug-likeness (QED) is 0.859. The summed E-state index contributed by atoms with van der Waals surface area (Å²) in [4.78, 5) is 16.1. The molecule has 1 aliphatic rings. The Morgan fingerprint density at radius 3 is 2.39 bits per heavy atom. The molecule has 6 heteroatoms. The highest BCUT2D eigenvalue weighted by molar-refractivity contribution is 6.34. The van der Waals surface area contributed by atoms with Crippen LogP contribution in [0.25, 0.3) is 0 Å². The van der Waals surface area contributed by atoms with E-state index in [9.17, 15) is 9.18 Å². The second-order valence-electron chi connectivity index (χ2n) is 5.44. The summed E-state index contributed by atoms with van der Waals surface area (Å²) in [7, 11) is 0. The number of para-hydroxylation sites is 1. The second kappa shape index (κ2) is 6.46. The van der Waals surface area contributed by atoms with E-state index in [4.69, 9.17) is 17.3 Å². The van der Waals surface area contributed by atoms with Gasteiger partial charge in [0, 0.05) is 26.2 Å². The van der Waals surface area contributed by atoms with Gasteiger partial charge in [0.1, 0.15) is 5.82 Å². The number of carbonyl (C=O) groups is 1. The number of piperazine rings is 1. The van der Waals surface area contributed by atoms with Crippen molar-refractivity contribution in [3.8, 4) is 0 Å². The Hall–Kier alpha value is -2.27. The number of nitrogens with zero attached hydrogens (tertiary/aromatic N) is 2. The molecule has 1 saturated heterocycles. The van der Waals surface area contributed by atoms with Gasteiger partial charge in [-0.05, 0) is 24.3 Å². The SMILES string of the molecule is Nc1cccc(Cl)c1N1CCN(C(=O)c2ccccc2F)CC1. The third-order valence-corrected chi connectivity index (χ3v) is 4.31. The molecule has 1 fully saturated rings. The number of benzene rings is 2. The van der Waals surface area contributed by atoms with Gasteiger partial charge in [-0.2, -0.15) is 0 Å². The standard InChI is InChI=1S/C17H17ClFN3O/c18-13-5-3-7-15(20)16(13)21-8-10-22(11-9-21)17(23)12-4-1-2-6-14(12)19/h1-7H,8-11,20H2. The molecule has 2 aromatic carbocycles. The van der Waals surface area contributed by atoms with Crippen molar-refractivity contribution in [3.63, 3.8) is 0 Å². The Labute approximate surface area is 139 Å². The summed E-state index contributed by atoms with van der Waals surface area (Å²) in [5.41, 5.74) is 7.53. The molecule has 0 unspecified atom stereocenters. The maximum atomic E-state index is 13.8. The van der Waals surface area contributed by atoms with Crippen LogP contribution in [-0.4, -0.2) is 37.0 Å². The Kier molecular flexibility index (Phi) is 4.39. The van der Waals surface area contributed by atoms with Crippen LogP contribution in [-0.2, 0) is 0 Å². The molecular weight excluding hydrogens is 317 g/mol. The van der Waals surface area contributed by atoms with Gasteiger partial charge in [-0.25, -0.2) is 4.39 Å². The maximum absolute atomic E-state index is 13.8. The molecule has 0 atom stereocenters. The van der Waals surface area contributed by atoms with E-state index in [0.29, 0.717) is 36.9 Å². The zero-order valence-electron chi connectivity index (χ0n) is 12.5. The van der Waals surface area contributed by atoms with Crippen molar-refractivity contribution < 1.29 is 9.18 Å². The molecule has 1 aliphatic heterocycles. The van der Waals surface area contributed by atoms with Crippen LogP contribution in [0.5, 0.6) is 0 Å². The first-order chi connectivity index (χ1) is 11.1. The Morgan fingerprint density at radius 2 is 1.74 bits per heavy atom. The van der Waals surface area contributed by atoms with E-state index in [0.717, 1.165) is 5.69 Å². The predicted octanol–water partition coefficient (Wildman–Crippen LogP) is 3.02. The molecule has 2 aromatic rings. The number of nitrogen functional groups attached to an aromatic ring is 1. The van der Waals surface area contributed by atoms with Gasteiger partial charge >= 0.3 is 0 Å². The second-order valence-corrected chi connectivity index (χ2v) is 5.84. The van der Waals surface area contributed by atoms with Gasteiger partial charge in [-0.3, -0.25) is 4.79 Å². The predicted molar refractivity (Wildman–Crippen MR) is 90.4 cm³/mol. The average Bonchev–Trinajstić information content (AvgIpc) is 2.55. The van der Waals surface area contributed by atoms with Crippen LogP contribution >= 0.6 is 11.6 Å². The summed E-state index contributed by atoms with van der Waals surface area (Å²) in [6.45, 7) is 2.21. The first-order valence-corrected chi connectivity index (χ1v) is 7.78. The number of amides is 1. The lowest BCUT2D eigenvalue weighted by molar-refractivity contribution is 0.0742. The number of hydrogen-bond acceptors (Lipinski definition) is 3. The molecule has 2 N–H and O–H groups in total.